The normalized spacial score (nSPS) is 17.9. The lowest BCUT2D eigenvalue weighted by Crippen LogP contribution is -2.31. The monoisotopic (exact) mass is 434 g/mol. The summed E-state index contributed by atoms with van der Waals surface area (Å²) in [7, 11) is 0. The van der Waals surface area contributed by atoms with Crippen LogP contribution >= 0.6 is 11.6 Å². The fraction of sp³-hybridized carbons (Fsp3) is 0.130. The number of rotatable bonds is 3. The summed E-state index contributed by atoms with van der Waals surface area (Å²) >= 11 is 6.57. The molecule has 2 aromatic carbocycles. The van der Waals surface area contributed by atoms with Crippen LogP contribution in [0.1, 0.15) is 23.7 Å². The van der Waals surface area contributed by atoms with Gasteiger partial charge in [-0.1, -0.05) is 18.2 Å². The summed E-state index contributed by atoms with van der Waals surface area (Å²) in [5.41, 5.74) is 2.93. The first-order valence-corrected chi connectivity index (χ1v) is 9.98. The van der Waals surface area contributed by atoms with Crippen LogP contribution < -0.4 is 10.5 Å². The summed E-state index contributed by atoms with van der Waals surface area (Å²) in [6.07, 6.45) is 3.60. The highest BCUT2D eigenvalue weighted by Crippen LogP contribution is 2.47. The molecule has 31 heavy (non-hydrogen) atoms. The van der Waals surface area contributed by atoms with E-state index in [1.54, 1.807) is 30.3 Å². The Hall–Kier alpha value is -3.58. The van der Waals surface area contributed by atoms with E-state index >= 15 is 0 Å². The molecule has 3 heterocycles. The molecule has 2 aromatic heterocycles. The number of hydrogen-bond acceptors (Lipinski definition) is 4. The van der Waals surface area contributed by atoms with Gasteiger partial charge in [-0.2, -0.15) is 5.10 Å². The minimum atomic E-state index is -1.16. The average Bonchev–Trinajstić information content (AvgIpc) is 2.96. The van der Waals surface area contributed by atoms with Gasteiger partial charge in [0.25, 0.3) is 11.5 Å². The molecule has 1 atom stereocenters. The number of para-hydroxylation sites is 1. The molecule has 8 heteroatoms. The molecule has 0 fully saturated rings. The quantitative estimate of drug-likeness (QED) is 0.490. The van der Waals surface area contributed by atoms with Crippen LogP contribution in [0.2, 0.25) is 0 Å². The summed E-state index contributed by atoms with van der Waals surface area (Å²) in [5.74, 6) is -0.744. The molecule has 1 aliphatic heterocycles. The van der Waals surface area contributed by atoms with Crippen LogP contribution in [0.4, 0.5) is 15.8 Å². The predicted molar refractivity (Wildman–Crippen MR) is 116 cm³/mol. The van der Waals surface area contributed by atoms with E-state index in [9.17, 15) is 14.0 Å². The Morgan fingerprint density at radius 1 is 1.10 bits per heavy atom. The Kier molecular flexibility index (Phi) is 4.37. The average molecular weight is 435 g/mol. The number of H-pyrrole nitrogens is 1. The van der Waals surface area contributed by atoms with E-state index in [0.717, 1.165) is 11.1 Å². The van der Waals surface area contributed by atoms with Crippen LogP contribution in [-0.4, -0.2) is 21.1 Å². The smallest absolute Gasteiger partial charge is 0.272 e. The minimum absolute atomic E-state index is 0.232. The van der Waals surface area contributed by atoms with Gasteiger partial charge in [0.2, 0.25) is 0 Å². The summed E-state index contributed by atoms with van der Waals surface area (Å²) in [6.45, 7) is 1.68. The second-order valence-corrected chi connectivity index (χ2v) is 8.33. The maximum absolute atomic E-state index is 13.6. The van der Waals surface area contributed by atoms with Crippen LogP contribution in [0, 0.1) is 5.82 Å². The van der Waals surface area contributed by atoms with Crippen molar-refractivity contribution in [1.82, 2.24) is 15.2 Å². The molecule has 0 spiro atoms. The molecule has 6 nitrogen and oxygen atoms in total. The van der Waals surface area contributed by atoms with Gasteiger partial charge < -0.3 is 0 Å². The number of nitrogens with one attached hydrogen (secondary N) is 1. The SMILES string of the molecule is CC1(Cl)C(=O)N(c2cncc(Cc3n[nH]c(=O)c4cc(F)ccc34)c2)c2ccccc21. The zero-order valence-electron chi connectivity index (χ0n) is 16.4. The van der Waals surface area contributed by atoms with Crippen LogP contribution in [0.3, 0.4) is 0 Å². The van der Waals surface area contributed by atoms with Crippen molar-refractivity contribution >= 4 is 39.7 Å². The van der Waals surface area contributed by atoms with E-state index in [1.165, 1.54) is 12.1 Å². The predicted octanol–water partition coefficient (Wildman–Crippen LogP) is 4.18. The van der Waals surface area contributed by atoms with E-state index < -0.39 is 16.3 Å². The number of carbonyl (C=O) groups excluding carboxylic acids is 1. The van der Waals surface area contributed by atoms with E-state index in [2.05, 4.69) is 15.2 Å². The van der Waals surface area contributed by atoms with Crippen LogP contribution in [-0.2, 0) is 16.1 Å². The zero-order chi connectivity index (χ0) is 21.8. The largest absolute Gasteiger partial charge is 0.277 e. The number of pyridine rings is 1. The fourth-order valence-corrected chi connectivity index (χ4v) is 4.22. The van der Waals surface area contributed by atoms with Gasteiger partial charge in [0.05, 0.1) is 28.7 Å². The van der Waals surface area contributed by atoms with Crippen molar-refractivity contribution in [2.45, 2.75) is 18.2 Å². The van der Waals surface area contributed by atoms with E-state index in [1.807, 2.05) is 30.3 Å². The maximum atomic E-state index is 13.6. The highest BCUT2D eigenvalue weighted by atomic mass is 35.5. The molecule has 0 saturated heterocycles. The molecule has 4 aromatic rings. The summed E-state index contributed by atoms with van der Waals surface area (Å²) in [5, 5.41) is 7.35. The molecule has 0 aliphatic carbocycles. The van der Waals surface area contributed by atoms with Gasteiger partial charge >= 0.3 is 0 Å². The van der Waals surface area contributed by atoms with Gasteiger partial charge in [0, 0.05) is 23.6 Å². The van der Waals surface area contributed by atoms with E-state index in [4.69, 9.17) is 11.6 Å². The molecule has 1 unspecified atom stereocenters. The number of amides is 1. The van der Waals surface area contributed by atoms with Crippen LogP contribution in [0.5, 0.6) is 0 Å². The van der Waals surface area contributed by atoms with Gasteiger partial charge in [0.15, 0.2) is 0 Å². The van der Waals surface area contributed by atoms with Crippen molar-refractivity contribution in [2.24, 2.45) is 0 Å². The van der Waals surface area contributed by atoms with Crippen molar-refractivity contribution in [3.63, 3.8) is 0 Å². The Morgan fingerprint density at radius 3 is 2.74 bits per heavy atom. The highest BCUT2D eigenvalue weighted by Gasteiger charge is 2.46. The third-order valence-electron chi connectivity index (χ3n) is 5.50. The van der Waals surface area contributed by atoms with Crippen molar-refractivity contribution in [3.8, 4) is 0 Å². The standard InChI is InChI=1S/C23H16ClFN4O2/c1-23(24)18-4-2-3-5-20(18)29(22(23)31)15-8-13(11-26-12-15)9-19-16-7-6-14(25)10-17(16)21(30)28-27-19/h2-8,10-12H,9H2,1H3,(H,28,30). The minimum Gasteiger partial charge on any atom is -0.277 e. The number of alkyl halides is 1. The van der Waals surface area contributed by atoms with Crippen LogP contribution in [0.25, 0.3) is 10.8 Å². The summed E-state index contributed by atoms with van der Waals surface area (Å²) < 4.78 is 13.6. The number of benzene rings is 2. The number of halogens is 2. The second-order valence-electron chi connectivity index (χ2n) is 7.58. The number of aromatic amines is 1. The molecule has 1 aliphatic rings. The Balaban J connectivity index is 1.56. The van der Waals surface area contributed by atoms with Gasteiger partial charge in [-0.15, -0.1) is 11.6 Å². The lowest BCUT2D eigenvalue weighted by molar-refractivity contribution is -0.119. The molecule has 154 valence electrons. The van der Waals surface area contributed by atoms with Crippen molar-refractivity contribution < 1.29 is 9.18 Å². The van der Waals surface area contributed by atoms with Gasteiger partial charge in [-0.25, -0.2) is 9.49 Å². The molecule has 0 saturated carbocycles. The lowest BCUT2D eigenvalue weighted by atomic mass is 10.0. The first-order valence-electron chi connectivity index (χ1n) is 9.60. The third-order valence-corrected chi connectivity index (χ3v) is 5.86. The maximum Gasteiger partial charge on any atom is 0.272 e. The number of nitrogens with zero attached hydrogens (tertiary/aromatic N) is 3. The van der Waals surface area contributed by atoms with E-state index in [-0.39, 0.29) is 11.3 Å². The van der Waals surface area contributed by atoms with E-state index in [0.29, 0.717) is 28.9 Å². The number of anilines is 2. The van der Waals surface area contributed by atoms with Gasteiger partial charge in [-0.05, 0) is 42.8 Å². The first-order chi connectivity index (χ1) is 14.9. The van der Waals surface area contributed by atoms with Crippen molar-refractivity contribution in [2.75, 3.05) is 4.90 Å². The number of carbonyl (C=O) groups is 1. The first kappa shape index (κ1) is 19.4. The molecule has 1 N–H and O–H groups in total. The molecule has 1 amide bonds. The molecule has 5 rings (SSSR count). The van der Waals surface area contributed by atoms with Gasteiger partial charge in [-0.3, -0.25) is 19.5 Å². The summed E-state index contributed by atoms with van der Waals surface area (Å²) in [6, 6.07) is 13.2. The molecular formula is C23H16ClFN4O2. The Bertz CT molecular complexity index is 1420. The lowest BCUT2D eigenvalue weighted by Gasteiger charge is -2.19. The number of fused-ring (bicyclic) bond motifs is 2. The third kappa shape index (κ3) is 3.09. The van der Waals surface area contributed by atoms with Crippen molar-refractivity contribution in [3.05, 3.63) is 93.9 Å². The van der Waals surface area contributed by atoms with Crippen LogP contribution in [0.15, 0.2) is 65.7 Å². The van der Waals surface area contributed by atoms with Crippen molar-refractivity contribution in [1.29, 1.82) is 0 Å². The van der Waals surface area contributed by atoms with Gasteiger partial charge in [0.1, 0.15) is 10.7 Å². The fourth-order valence-electron chi connectivity index (χ4n) is 3.97. The number of aromatic nitrogens is 3. The highest BCUT2D eigenvalue weighted by molar-refractivity contribution is 6.40. The molecule has 0 radical (unpaired) electrons. The number of hydrogen-bond donors (Lipinski definition) is 1. The zero-order valence-corrected chi connectivity index (χ0v) is 17.2. The molecule has 0 bridgehead atoms. The Labute approximate surface area is 181 Å². The molecular weight excluding hydrogens is 419 g/mol. The Morgan fingerprint density at radius 2 is 1.90 bits per heavy atom. The topological polar surface area (TPSA) is 79.0 Å². The summed E-state index contributed by atoms with van der Waals surface area (Å²) in [4.78, 5) is 29.8. The second kappa shape index (κ2) is 6.99.